The Morgan fingerprint density at radius 2 is 1.50 bits per heavy atom. The summed E-state index contributed by atoms with van der Waals surface area (Å²) < 4.78 is 68.5. The number of hydrogen-bond acceptors (Lipinski definition) is 5. The van der Waals surface area contributed by atoms with Gasteiger partial charge in [-0.15, -0.1) is 0 Å². The van der Waals surface area contributed by atoms with Crippen molar-refractivity contribution in [3.05, 3.63) is 0 Å². The van der Waals surface area contributed by atoms with Gasteiger partial charge in [-0.2, -0.15) is 16.8 Å². The normalized spacial score (nSPS) is 44.1. The van der Waals surface area contributed by atoms with Crippen molar-refractivity contribution in [3.63, 3.8) is 0 Å². The highest BCUT2D eigenvalue weighted by atomic mass is 32.2. The van der Waals surface area contributed by atoms with Crippen LogP contribution in [0.5, 0.6) is 0 Å². The molecule has 4 fully saturated rings. The van der Waals surface area contributed by atoms with E-state index >= 15 is 0 Å². The minimum Gasteiger partial charge on any atom is -0.299 e. The summed E-state index contributed by atoms with van der Waals surface area (Å²) >= 11 is 0. The van der Waals surface area contributed by atoms with Crippen LogP contribution in [0.25, 0.3) is 0 Å². The molecule has 208 valence electrons. The van der Waals surface area contributed by atoms with E-state index in [1.807, 2.05) is 6.92 Å². The second-order valence-corrected chi connectivity index (χ2v) is 17.0. The molecule has 0 saturated heterocycles. The Kier molecular flexibility index (Phi) is 7.60. The maximum atomic E-state index is 13.5. The first-order chi connectivity index (χ1) is 16.5. The average Bonchev–Trinajstić information content (AvgIpc) is 3.09. The molecule has 2 N–H and O–H groups in total. The third-order valence-corrected chi connectivity index (χ3v) is 14.1. The average molecular weight is 547 g/mol. The molecule has 0 unspecified atom stereocenters. The van der Waals surface area contributed by atoms with Gasteiger partial charge < -0.3 is 0 Å². The molecule has 0 aromatic heterocycles. The first-order valence-electron chi connectivity index (χ1n) is 14.0. The molecule has 9 heteroatoms. The maximum Gasteiger partial charge on any atom is 0.269 e. The smallest absolute Gasteiger partial charge is 0.269 e. The fraction of sp³-hybridized carbons (Fsp3) is 0.963. The lowest BCUT2D eigenvalue weighted by Crippen LogP contribution is -2.61. The minimum atomic E-state index is -4.73. The lowest BCUT2D eigenvalue weighted by Gasteiger charge is -2.61. The van der Waals surface area contributed by atoms with Crippen molar-refractivity contribution in [1.29, 1.82) is 0 Å². The molecular weight excluding hydrogens is 500 g/mol. The zero-order valence-electron chi connectivity index (χ0n) is 22.5. The lowest BCUT2D eigenvalue weighted by molar-refractivity contribution is -0.154. The summed E-state index contributed by atoms with van der Waals surface area (Å²) in [5.41, 5.74) is -0.542. The molecule has 0 aromatic carbocycles. The lowest BCUT2D eigenvalue weighted by atomic mass is 9.44. The first kappa shape index (κ1) is 28.5. The van der Waals surface area contributed by atoms with E-state index in [1.165, 1.54) is 25.7 Å². The SMILES string of the molecule is CC(C)CCC[C@@H](C)[C@H]1CC[C@H]2[C@@H]3CC(=O)[C@H]4C[C@H](S(=O)(=O)O)[C@@H](S(=O)(=O)O)C[C@]4(C)[C@H]3CC[C@]12C. The number of Topliss-reactive ketones (excluding diaryl/α,β-unsaturated/α-hetero) is 1. The van der Waals surface area contributed by atoms with Gasteiger partial charge >= 0.3 is 0 Å². The summed E-state index contributed by atoms with van der Waals surface area (Å²) in [6.07, 6.45) is 7.96. The Morgan fingerprint density at radius 3 is 2.08 bits per heavy atom. The van der Waals surface area contributed by atoms with Crippen LogP contribution in [0.3, 0.4) is 0 Å². The fourth-order valence-corrected chi connectivity index (χ4v) is 12.5. The van der Waals surface area contributed by atoms with Gasteiger partial charge in [0, 0.05) is 12.3 Å². The van der Waals surface area contributed by atoms with Crippen LogP contribution in [-0.4, -0.2) is 42.2 Å². The van der Waals surface area contributed by atoms with Crippen LogP contribution in [0.1, 0.15) is 98.8 Å². The van der Waals surface area contributed by atoms with Gasteiger partial charge in [-0.25, -0.2) is 0 Å². The number of carbonyl (C=O) groups excluding carboxylic acids is 1. The van der Waals surface area contributed by atoms with E-state index < -0.39 is 42.1 Å². The van der Waals surface area contributed by atoms with Crippen molar-refractivity contribution in [2.75, 3.05) is 0 Å². The molecule has 4 aliphatic carbocycles. The highest BCUT2D eigenvalue weighted by Gasteiger charge is 2.65. The number of fused-ring (bicyclic) bond motifs is 5. The van der Waals surface area contributed by atoms with Gasteiger partial charge in [0.05, 0.1) is 0 Å². The molecule has 4 saturated carbocycles. The van der Waals surface area contributed by atoms with Crippen molar-refractivity contribution >= 4 is 26.0 Å². The molecule has 36 heavy (non-hydrogen) atoms. The minimum absolute atomic E-state index is 0.00105. The summed E-state index contributed by atoms with van der Waals surface area (Å²) in [6, 6.07) is 0. The summed E-state index contributed by atoms with van der Waals surface area (Å²) in [6.45, 7) is 11.3. The molecule has 0 bridgehead atoms. The van der Waals surface area contributed by atoms with Crippen LogP contribution >= 0.6 is 0 Å². The summed E-state index contributed by atoms with van der Waals surface area (Å²) in [4.78, 5) is 13.5. The Morgan fingerprint density at radius 1 is 0.889 bits per heavy atom. The monoisotopic (exact) mass is 546 g/mol. The summed E-state index contributed by atoms with van der Waals surface area (Å²) in [5.74, 6) is 2.03. The van der Waals surface area contributed by atoms with Crippen LogP contribution in [0.2, 0.25) is 0 Å². The number of ketones is 1. The van der Waals surface area contributed by atoms with Crippen molar-refractivity contribution in [2.45, 2.75) is 109 Å². The van der Waals surface area contributed by atoms with E-state index in [-0.39, 0.29) is 35.9 Å². The van der Waals surface area contributed by atoms with Gasteiger partial charge in [0.15, 0.2) is 0 Å². The highest BCUT2D eigenvalue weighted by molar-refractivity contribution is 7.90. The molecular formula is C27H46O7S2. The number of rotatable bonds is 7. The molecule has 0 aromatic rings. The third-order valence-electron chi connectivity index (χ3n) is 11.4. The topological polar surface area (TPSA) is 126 Å². The number of carbonyl (C=O) groups is 1. The van der Waals surface area contributed by atoms with Crippen LogP contribution in [-0.2, 0) is 25.0 Å². The van der Waals surface area contributed by atoms with E-state index in [0.717, 1.165) is 19.3 Å². The predicted molar refractivity (Wildman–Crippen MR) is 140 cm³/mol. The predicted octanol–water partition coefficient (Wildman–Crippen LogP) is 5.41. The van der Waals surface area contributed by atoms with Gasteiger partial charge in [0.25, 0.3) is 20.2 Å². The Bertz CT molecular complexity index is 1070. The zero-order chi connectivity index (χ0) is 26.8. The quantitative estimate of drug-likeness (QED) is 0.409. The standard InChI is InChI=1S/C27H46O7S2/c1-16(2)7-6-8-17(3)19-9-10-20-18-13-23(28)22-14-24(35(29,30)31)25(36(32,33)34)15-27(22,5)21(18)11-12-26(19,20)4/h16-22,24-25H,6-15H2,1-5H3,(H,29,30,31)(H,32,33,34)/t17-,18+,19-,20+,21+,22-,24+,25+,26-,27-/m1/s1. The van der Waals surface area contributed by atoms with Gasteiger partial charge in [-0.1, -0.05) is 53.9 Å². The van der Waals surface area contributed by atoms with Gasteiger partial charge in [0.1, 0.15) is 16.3 Å². The van der Waals surface area contributed by atoms with E-state index in [4.69, 9.17) is 0 Å². The van der Waals surface area contributed by atoms with Crippen LogP contribution in [0, 0.1) is 52.3 Å². The molecule has 0 spiro atoms. The molecule has 4 aliphatic rings. The Labute approximate surface area is 218 Å². The number of hydrogen-bond donors (Lipinski definition) is 2. The zero-order valence-corrected chi connectivity index (χ0v) is 24.2. The second kappa shape index (κ2) is 9.60. The molecule has 4 rings (SSSR count). The van der Waals surface area contributed by atoms with E-state index in [2.05, 4.69) is 27.7 Å². The third kappa shape index (κ3) is 4.84. The summed E-state index contributed by atoms with van der Waals surface area (Å²) in [5, 5.41) is -3.27. The molecule has 10 atom stereocenters. The molecule has 7 nitrogen and oxygen atoms in total. The Balaban J connectivity index is 1.60. The van der Waals surface area contributed by atoms with Crippen molar-refractivity contribution in [1.82, 2.24) is 0 Å². The summed E-state index contributed by atoms with van der Waals surface area (Å²) in [7, 11) is -9.45. The second-order valence-electron chi connectivity index (χ2n) is 13.7. The van der Waals surface area contributed by atoms with E-state index in [9.17, 15) is 30.7 Å². The Hall–Kier alpha value is -0.510. The maximum absolute atomic E-state index is 13.5. The molecule has 0 radical (unpaired) electrons. The molecule has 0 heterocycles. The van der Waals surface area contributed by atoms with Crippen LogP contribution in [0.15, 0.2) is 0 Å². The van der Waals surface area contributed by atoms with Crippen molar-refractivity contribution in [3.8, 4) is 0 Å². The first-order valence-corrected chi connectivity index (χ1v) is 17.0. The van der Waals surface area contributed by atoms with Gasteiger partial charge in [-0.05, 0) is 84.9 Å². The van der Waals surface area contributed by atoms with Crippen molar-refractivity contribution < 1.29 is 30.7 Å². The van der Waals surface area contributed by atoms with E-state index in [0.29, 0.717) is 30.1 Å². The van der Waals surface area contributed by atoms with E-state index in [1.54, 1.807) is 0 Å². The van der Waals surface area contributed by atoms with Gasteiger partial charge in [-0.3, -0.25) is 13.9 Å². The molecule has 0 aliphatic heterocycles. The highest BCUT2D eigenvalue weighted by Crippen LogP contribution is 2.68. The fourth-order valence-electron chi connectivity index (χ4n) is 9.67. The van der Waals surface area contributed by atoms with Crippen molar-refractivity contribution in [2.24, 2.45) is 52.3 Å². The molecule has 0 amide bonds. The van der Waals surface area contributed by atoms with Gasteiger partial charge in [0.2, 0.25) is 0 Å². The van der Waals surface area contributed by atoms with Crippen LogP contribution in [0.4, 0.5) is 0 Å². The van der Waals surface area contributed by atoms with Crippen LogP contribution < -0.4 is 0 Å². The largest absolute Gasteiger partial charge is 0.299 e.